The normalized spacial score (nSPS) is 22.9. The fraction of sp³-hybridized carbons (Fsp3) is 0.727. The van der Waals surface area contributed by atoms with Gasteiger partial charge in [0.25, 0.3) is 0 Å². The van der Waals surface area contributed by atoms with Crippen LogP contribution in [0.1, 0.15) is 44.2 Å². The Hall–Kier alpha value is -0.830. The van der Waals surface area contributed by atoms with Gasteiger partial charge in [0, 0.05) is 12.8 Å². The highest BCUT2D eigenvalue weighted by Gasteiger charge is 2.16. The summed E-state index contributed by atoms with van der Waals surface area (Å²) in [6.07, 6.45) is 6.48. The first-order chi connectivity index (χ1) is 6.77. The molecule has 0 radical (unpaired) electrons. The Morgan fingerprint density at radius 1 is 1.57 bits per heavy atom. The molecule has 0 spiro atoms. The molecule has 1 saturated heterocycles. The molecule has 1 aromatic rings. The molecule has 1 aliphatic rings. The minimum atomic E-state index is 0.455. The van der Waals surface area contributed by atoms with Gasteiger partial charge in [-0.15, -0.1) is 0 Å². The van der Waals surface area contributed by atoms with Crippen molar-refractivity contribution in [3.05, 3.63) is 18.0 Å². The molecule has 1 unspecified atom stereocenters. The summed E-state index contributed by atoms with van der Waals surface area (Å²) >= 11 is 0. The number of hydrogen-bond acceptors (Lipinski definition) is 2. The molecule has 0 amide bonds. The monoisotopic (exact) mass is 194 g/mol. The van der Waals surface area contributed by atoms with Gasteiger partial charge in [0.1, 0.15) is 0 Å². The van der Waals surface area contributed by atoms with Crippen molar-refractivity contribution in [1.82, 2.24) is 9.78 Å². The summed E-state index contributed by atoms with van der Waals surface area (Å²) in [6.45, 7) is 6.12. The zero-order valence-electron chi connectivity index (χ0n) is 8.94. The standard InChI is InChI=1S/C11H18N2O/c1-9(2)10-6-12-13(7-10)11-4-3-5-14-8-11/h6-7,9,11H,3-5,8H2,1-2H3. The SMILES string of the molecule is CC(C)c1cnn(C2CCCOC2)c1. The van der Waals surface area contributed by atoms with Crippen molar-refractivity contribution in [2.24, 2.45) is 0 Å². The largest absolute Gasteiger partial charge is 0.379 e. The molecule has 0 bridgehead atoms. The van der Waals surface area contributed by atoms with E-state index < -0.39 is 0 Å². The lowest BCUT2D eigenvalue weighted by Gasteiger charge is -2.22. The molecule has 78 valence electrons. The summed E-state index contributed by atoms with van der Waals surface area (Å²) in [5, 5.41) is 4.40. The summed E-state index contributed by atoms with van der Waals surface area (Å²) in [5.41, 5.74) is 1.32. The van der Waals surface area contributed by atoms with Crippen molar-refractivity contribution in [2.75, 3.05) is 13.2 Å². The lowest BCUT2D eigenvalue weighted by Crippen LogP contribution is -2.21. The molecular weight excluding hydrogens is 176 g/mol. The van der Waals surface area contributed by atoms with Crippen LogP contribution in [0.5, 0.6) is 0 Å². The van der Waals surface area contributed by atoms with Crippen molar-refractivity contribution in [3.63, 3.8) is 0 Å². The van der Waals surface area contributed by atoms with E-state index in [1.165, 1.54) is 12.0 Å². The van der Waals surface area contributed by atoms with Crippen LogP contribution in [0.15, 0.2) is 12.4 Å². The molecule has 3 nitrogen and oxygen atoms in total. The Kier molecular flexibility index (Phi) is 2.87. The number of hydrogen-bond donors (Lipinski definition) is 0. The van der Waals surface area contributed by atoms with Gasteiger partial charge in [-0.3, -0.25) is 4.68 Å². The van der Waals surface area contributed by atoms with E-state index in [4.69, 9.17) is 4.74 Å². The zero-order chi connectivity index (χ0) is 9.97. The zero-order valence-corrected chi connectivity index (χ0v) is 8.94. The molecular formula is C11H18N2O. The Morgan fingerprint density at radius 2 is 2.43 bits per heavy atom. The second kappa shape index (κ2) is 4.13. The second-order valence-electron chi connectivity index (χ2n) is 4.28. The van der Waals surface area contributed by atoms with Crippen LogP contribution in [0, 0.1) is 0 Å². The fourth-order valence-corrected chi connectivity index (χ4v) is 1.78. The maximum atomic E-state index is 5.45. The van der Waals surface area contributed by atoms with Gasteiger partial charge in [-0.2, -0.15) is 5.10 Å². The molecule has 1 fully saturated rings. The minimum Gasteiger partial charge on any atom is -0.379 e. The molecule has 0 aromatic carbocycles. The van der Waals surface area contributed by atoms with Gasteiger partial charge in [-0.05, 0) is 24.3 Å². The summed E-state index contributed by atoms with van der Waals surface area (Å²) in [4.78, 5) is 0. The maximum absolute atomic E-state index is 5.45. The summed E-state index contributed by atoms with van der Waals surface area (Å²) in [5.74, 6) is 0.563. The Labute approximate surface area is 85.1 Å². The van der Waals surface area contributed by atoms with E-state index in [0.717, 1.165) is 19.6 Å². The molecule has 2 heterocycles. The lowest BCUT2D eigenvalue weighted by molar-refractivity contribution is 0.0549. The molecule has 0 N–H and O–H groups in total. The van der Waals surface area contributed by atoms with Crippen LogP contribution < -0.4 is 0 Å². The van der Waals surface area contributed by atoms with E-state index in [9.17, 15) is 0 Å². The van der Waals surface area contributed by atoms with Crippen LogP contribution in [-0.2, 0) is 4.74 Å². The van der Waals surface area contributed by atoms with Gasteiger partial charge >= 0.3 is 0 Å². The van der Waals surface area contributed by atoms with Crippen molar-refractivity contribution < 1.29 is 4.74 Å². The van der Waals surface area contributed by atoms with Crippen molar-refractivity contribution in [3.8, 4) is 0 Å². The number of rotatable bonds is 2. The summed E-state index contributed by atoms with van der Waals surface area (Å²) in [7, 11) is 0. The number of nitrogens with zero attached hydrogens (tertiary/aromatic N) is 2. The van der Waals surface area contributed by atoms with E-state index in [1.807, 2.05) is 6.20 Å². The highest BCUT2D eigenvalue weighted by molar-refractivity contribution is 5.09. The number of ether oxygens (including phenoxy) is 1. The van der Waals surface area contributed by atoms with Crippen molar-refractivity contribution >= 4 is 0 Å². The van der Waals surface area contributed by atoms with Crippen molar-refractivity contribution in [2.45, 2.75) is 38.6 Å². The van der Waals surface area contributed by atoms with Gasteiger partial charge in [-0.1, -0.05) is 13.8 Å². The van der Waals surface area contributed by atoms with Gasteiger partial charge in [0.05, 0.1) is 18.8 Å². The Balaban J connectivity index is 2.07. The molecule has 0 aliphatic carbocycles. The van der Waals surface area contributed by atoms with Crippen LogP contribution in [0.4, 0.5) is 0 Å². The van der Waals surface area contributed by atoms with Crippen molar-refractivity contribution in [1.29, 1.82) is 0 Å². The third-order valence-corrected chi connectivity index (χ3v) is 2.80. The lowest BCUT2D eigenvalue weighted by atomic mass is 10.1. The quantitative estimate of drug-likeness (QED) is 0.722. The van der Waals surface area contributed by atoms with E-state index in [-0.39, 0.29) is 0 Å². The first-order valence-corrected chi connectivity index (χ1v) is 5.39. The van der Waals surface area contributed by atoms with E-state index in [0.29, 0.717) is 12.0 Å². The average Bonchev–Trinajstić information content (AvgIpc) is 2.68. The third kappa shape index (κ3) is 1.98. The molecule has 2 rings (SSSR count). The van der Waals surface area contributed by atoms with E-state index in [2.05, 4.69) is 29.8 Å². The first kappa shape index (κ1) is 9.71. The predicted octanol–water partition coefficient (Wildman–Crippen LogP) is 2.36. The van der Waals surface area contributed by atoms with E-state index >= 15 is 0 Å². The molecule has 1 atom stereocenters. The van der Waals surface area contributed by atoms with Gasteiger partial charge < -0.3 is 4.74 Å². The van der Waals surface area contributed by atoms with Gasteiger partial charge in [-0.25, -0.2) is 0 Å². The molecule has 14 heavy (non-hydrogen) atoms. The van der Waals surface area contributed by atoms with E-state index in [1.54, 1.807) is 0 Å². The fourth-order valence-electron chi connectivity index (χ4n) is 1.78. The highest BCUT2D eigenvalue weighted by Crippen LogP contribution is 2.21. The van der Waals surface area contributed by atoms with Crippen LogP contribution in [0.2, 0.25) is 0 Å². The Bertz CT molecular complexity index is 287. The summed E-state index contributed by atoms with van der Waals surface area (Å²) < 4.78 is 7.51. The highest BCUT2D eigenvalue weighted by atomic mass is 16.5. The van der Waals surface area contributed by atoms with Gasteiger partial charge in [0.2, 0.25) is 0 Å². The predicted molar refractivity (Wildman–Crippen MR) is 55.4 cm³/mol. The molecule has 1 aromatic heterocycles. The average molecular weight is 194 g/mol. The molecule has 0 saturated carbocycles. The second-order valence-corrected chi connectivity index (χ2v) is 4.28. The molecule has 3 heteroatoms. The van der Waals surface area contributed by atoms with Crippen LogP contribution in [0.3, 0.4) is 0 Å². The minimum absolute atomic E-state index is 0.455. The maximum Gasteiger partial charge on any atom is 0.0753 e. The third-order valence-electron chi connectivity index (χ3n) is 2.80. The van der Waals surface area contributed by atoms with Crippen LogP contribution in [-0.4, -0.2) is 23.0 Å². The molecule has 1 aliphatic heterocycles. The van der Waals surface area contributed by atoms with Crippen LogP contribution in [0.25, 0.3) is 0 Å². The smallest absolute Gasteiger partial charge is 0.0753 e. The Morgan fingerprint density at radius 3 is 3.00 bits per heavy atom. The topological polar surface area (TPSA) is 27.1 Å². The summed E-state index contributed by atoms with van der Waals surface area (Å²) in [6, 6.07) is 0.455. The number of aromatic nitrogens is 2. The van der Waals surface area contributed by atoms with Gasteiger partial charge in [0.15, 0.2) is 0 Å². The first-order valence-electron chi connectivity index (χ1n) is 5.39. The van der Waals surface area contributed by atoms with Crippen LogP contribution >= 0.6 is 0 Å².